The Balaban J connectivity index is 2.24. The molecule has 0 unspecified atom stereocenters. The molecule has 1 saturated heterocycles. The highest BCUT2D eigenvalue weighted by Gasteiger charge is 2.25. The molecule has 0 aromatic heterocycles. The third kappa shape index (κ3) is 2.40. The van der Waals surface area contributed by atoms with Gasteiger partial charge in [-0.2, -0.15) is 5.10 Å². The summed E-state index contributed by atoms with van der Waals surface area (Å²) in [5.41, 5.74) is 4.37. The number of nitrogens with zero attached hydrogens (tertiary/aromatic N) is 2. The Morgan fingerprint density at radius 3 is 2.33 bits per heavy atom. The molecule has 0 atom stereocenters. The molecular weight excluding hydrogens is 230 g/mol. The number of aryl methyl sites for hydroxylation is 3. The molecule has 1 aromatic carbocycles. The molecule has 0 saturated carbocycles. The first-order valence-corrected chi connectivity index (χ1v) is 5.70. The number of carbonyl (C=O) groups is 2. The Morgan fingerprint density at radius 1 is 1.22 bits per heavy atom. The van der Waals surface area contributed by atoms with Crippen LogP contribution in [0.25, 0.3) is 0 Å². The van der Waals surface area contributed by atoms with Gasteiger partial charge >= 0.3 is 6.03 Å². The van der Waals surface area contributed by atoms with Crippen molar-refractivity contribution >= 4 is 18.2 Å². The zero-order chi connectivity index (χ0) is 13.3. The summed E-state index contributed by atoms with van der Waals surface area (Å²) in [7, 11) is 0. The van der Waals surface area contributed by atoms with Crippen molar-refractivity contribution in [3.63, 3.8) is 0 Å². The Bertz CT molecular complexity index is 526. The predicted octanol–water partition coefficient (Wildman–Crippen LogP) is 1.50. The van der Waals surface area contributed by atoms with Crippen LogP contribution in [0, 0.1) is 20.8 Å². The summed E-state index contributed by atoms with van der Waals surface area (Å²) in [5.74, 6) is -0.325. The van der Waals surface area contributed by atoms with Crippen molar-refractivity contribution in [2.24, 2.45) is 5.10 Å². The molecule has 0 aliphatic carbocycles. The zero-order valence-corrected chi connectivity index (χ0v) is 10.7. The summed E-state index contributed by atoms with van der Waals surface area (Å²) in [6, 6.07) is 3.64. The summed E-state index contributed by atoms with van der Waals surface area (Å²) in [6.07, 6.45) is 1.63. The average Bonchev–Trinajstić information content (AvgIpc) is 2.55. The van der Waals surface area contributed by atoms with Gasteiger partial charge in [-0.25, -0.2) is 9.80 Å². The van der Waals surface area contributed by atoms with Crippen LogP contribution >= 0.6 is 0 Å². The summed E-state index contributed by atoms with van der Waals surface area (Å²) >= 11 is 0. The SMILES string of the molecule is Cc1cc(C)c(/C=N/N2CC(=O)NC2=O)c(C)c1. The van der Waals surface area contributed by atoms with Gasteiger partial charge in [0.1, 0.15) is 6.54 Å². The molecule has 3 amide bonds. The van der Waals surface area contributed by atoms with Crippen LogP contribution in [0.5, 0.6) is 0 Å². The fraction of sp³-hybridized carbons (Fsp3) is 0.308. The monoisotopic (exact) mass is 245 g/mol. The maximum Gasteiger partial charge on any atom is 0.344 e. The van der Waals surface area contributed by atoms with Gasteiger partial charge in [0.2, 0.25) is 5.91 Å². The third-order valence-corrected chi connectivity index (χ3v) is 2.84. The van der Waals surface area contributed by atoms with Crippen LogP contribution in [0.3, 0.4) is 0 Å². The molecule has 2 rings (SSSR count). The lowest BCUT2D eigenvalue weighted by Gasteiger charge is -2.08. The number of nitrogens with one attached hydrogen (secondary N) is 1. The number of hydrazone groups is 1. The predicted molar refractivity (Wildman–Crippen MR) is 68.5 cm³/mol. The third-order valence-electron chi connectivity index (χ3n) is 2.84. The largest absolute Gasteiger partial charge is 0.344 e. The molecule has 1 aromatic rings. The van der Waals surface area contributed by atoms with E-state index in [1.165, 1.54) is 5.56 Å². The second kappa shape index (κ2) is 4.60. The van der Waals surface area contributed by atoms with Crippen LogP contribution in [0.2, 0.25) is 0 Å². The van der Waals surface area contributed by atoms with Gasteiger partial charge in [0.25, 0.3) is 0 Å². The topological polar surface area (TPSA) is 61.8 Å². The van der Waals surface area contributed by atoms with Crippen LogP contribution in [-0.4, -0.2) is 29.7 Å². The van der Waals surface area contributed by atoms with E-state index in [0.717, 1.165) is 21.7 Å². The Kier molecular flexibility index (Phi) is 3.14. The molecule has 5 nitrogen and oxygen atoms in total. The minimum atomic E-state index is -0.473. The van der Waals surface area contributed by atoms with Gasteiger partial charge in [-0.3, -0.25) is 10.1 Å². The van der Waals surface area contributed by atoms with E-state index in [9.17, 15) is 9.59 Å². The van der Waals surface area contributed by atoms with E-state index in [0.29, 0.717) is 0 Å². The van der Waals surface area contributed by atoms with E-state index in [2.05, 4.69) is 22.6 Å². The number of benzene rings is 1. The van der Waals surface area contributed by atoms with E-state index >= 15 is 0 Å². The summed E-state index contributed by atoms with van der Waals surface area (Å²) in [5, 5.41) is 7.35. The lowest BCUT2D eigenvalue weighted by Crippen LogP contribution is -2.24. The number of rotatable bonds is 2. The highest BCUT2D eigenvalue weighted by Crippen LogP contribution is 2.14. The number of hydrogen-bond donors (Lipinski definition) is 1. The molecule has 0 spiro atoms. The fourth-order valence-electron chi connectivity index (χ4n) is 2.05. The molecule has 1 heterocycles. The molecule has 94 valence electrons. The second-order valence-electron chi connectivity index (χ2n) is 4.47. The van der Waals surface area contributed by atoms with Crippen LogP contribution in [0.1, 0.15) is 22.3 Å². The minimum absolute atomic E-state index is 0.0146. The minimum Gasteiger partial charge on any atom is -0.275 e. The molecule has 0 radical (unpaired) electrons. The van der Waals surface area contributed by atoms with Gasteiger partial charge in [-0.05, 0) is 31.9 Å². The van der Waals surface area contributed by atoms with E-state index in [1.54, 1.807) is 6.21 Å². The van der Waals surface area contributed by atoms with Crippen molar-refractivity contribution in [1.82, 2.24) is 10.3 Å². The lowest BCUT2D eigenvalue weighted by molar-refractivity contribution is -0.118. The van der Waals surface area contributed by atoms with Gasteiger partial charge in [-0.15, -0.1) is 0 Å². The molecule has 18 heavy (non-hydrogen) atoms. The van der Waals surface area contributed by atoms with Gasteiger partial charge < -0.3 is 0 Å². The molecule has 1 fully saturated rings. The first-order chi connectivity index (χ1) is 8.47. The molecule has 1 aliphatic heterocycles. The number of hydrogen-bond acceptors (Lipinski definition) is 3. The summed E-state index contributed by atoms with van der Waals surface area (Å²) in [6.45, 7) is 6.01. The van der Waals surface area contributed by atoms with E-state index in [4.69, 9.17) is 0 Å². The quantitative estimate of drug-likeness (QED) is 0.634. The van der Waals surface area contributed by atoms with Crippen molar-refractivity contribution in [3.05, 3.63) is 34.4 Å². The molecule has 1 aliphatic rings. The number of urea groups is 1. The molecule has 0 bridgehead atoms. The van der Waals surface area contributed by atoms with Crippen molar-refractivity contribution < 1.29 is 9.59 Å². The Hall–Kier alpha value is -2.17. The Morgan fingerprint density at radius 2 is 1.83 bits per heavy atom. The Labute approximate surface area is 105 Å². The van der Waals surface area contributed by atoms with Crippen LogP contribution in [-0.2, 0) is 4.79 Å². The molecule has 5 heteroatoms. The smallest absolute Gasteiger partial charge is 0.275 e. The molecule has 1 N–H and O–H groups in total. The van der Waals surface area contributed by atoms with Crippen LogP contribution in [0.15, 0.2) is 17.2 Å². The van der Waals surface area contributed by atoms with Crippen molar-refractivity contribution in [3.8, 4) is 0 Å². The van der Waals surface area contributed by atoms with E-state index in [-0.39, 0.29) is 12.5 Å². The van der Waals surface area contributed by atoms with Gasteiger partial charge in [0.15, 0.2) is 0 Å². The maximum atomic E-state index is 11.3. The van der Waals surface area contributed by atoms with Crippen LogP contribution < -0.4 is 5.32 Å². The van der Waals surface area contributed by atoms with Crippen molar-refractivity contribution in [2.45, 2.75) is 20.8 Å². The van der Waals surface area contributed by atoms with E-state index < -0.39 is 6.03 Å². The highest BCUT2D eigenvalue weighted by atomic mass is 16.2. The second-order valence-corrected chi connectivity index (χ2v) is 4.47. The van der Waals surface area contributed by atoms with Gasteiger partial charge in [0.05, 0.1) is 6.21 Å². The van der Waals surface area contributed by atoms with Crippen molar-refractivity contribution in [1.29, 1.82) is 0 Å². The first-order valence-electron chi connectivity index (χ1n) is 5.70. The highest BCUT2D eigenvalue weighted by molar-refractivity contribution is 6.02. The zero-order valence-electron chi connectivity index (χ0n) is 10.7. The normalized spacial score (nSPS) is 15.6. The fourth-order valence-corrected chi connectivity index (χ4v) is 2.05. The first kappa shape index (κ1) is 12.3. The number of carbonyl (C=O) groups excluding carboxylic acids is 2. The maximum absolute atomic E-state index is 11.3. The number of imide groups is 1. The lowest BCUT2D eigenvalue weighted by atomic mass is 10.0. The summed E-state index contributed by atoms with van der Waals surface area (Å²) < 4.78 is 0. The van der Waals surface area contributed by atoms with Crippen molar-refractivity contribution in [2.75, 3.05) is 6.54 Å². The van der Waals surface area contributed by atoms with Crippen LogP contribution in [0.4, 0.5) is 4.79 Å². The molecular formula is C13H15N3O2. The van der Waals surface area contributed by atoms with Gasteiger partial charge in [-0.1, -0.05) is 17.7 Å². The average molecular weight is 245 g/mol. The standard InChI is InChI=1S/C13H15N3O2/c1-8-4-9(2)11(10(3)5-8)6-14-16-7-12(17)15-13(16)18/h4-6H,7H2,1-3H3,(H,15,17,18)/b14-6+. The number of amides is 3. The van der Waals surface area contributed by atoms with E-state index in [1.807, 2.05) is 20.8 Å². The summed E-state index contributed by atoms with van der Waals surface area (Å²) in [4.78, 5) is 22.3. The van der Waals surface area contributed by atoms with Gasteiger partial charge in [0, 0.05) is 5.56 Å².